The zero-order valence-corrected chi connectivity index (χ0v) is 15.2. The Bertz CT molecular complexity index is 645. The smallest absolute Gasteiger partial charge is 0.251 e. The highest BCUT2D eigenvalue weighted by Gasteiger charge is 2.33. The lowest BCUT2D eigenvalue weighted by Crippen LogP contribution is -2.33. The second-order valence-electron chi connectivity index (χ2n) is 6.53. The van der Waals surface area contributed by atoms with Crippen LogP contribution in [0.15, 0.2) is 24.3 Å². The molecule has 1 saturated heterocycles. The van der Waals surface area contributed by atoms with Gasteiger partial charge in [0.2, 0.25) is 11.8 Å². The van der Waals surface area contributed by atoms with Crippen LogP contribution in [0.25, 0.3) is 0 Å². The molecule has 1 aliphatic heterocycles. The third-order valence-corrected chi connectivity index (χ3v) is 4.61. The highest BCUT2D eigenvalue weighted by molar-refractivity contribution is 5.94. The second-order valence-corrected chi connectivity index (χ2v) is 6.53. The molecular formula is C19H27N3O3. The molecule has 0 radical (unpaired) electrons. The normalized spacial score (nSPS) is 18.1. The molecule has 0 aliphatic carbocycles. The zero-order valence-electron chi connectivity index (χ0n) is 15.2. The van der Waals surface area contributed by atoms with Gasteiger partial charge in [-0.05, 0) is 38.0 Å². The zero-order chi connectivity index (χ0) is 18.4. The number of benzene rings is 1. The van der Waals surface area contributed by atoms with Gasteiger partial charge in [-0.3, -0.25) is 14.4 Å². The van der Waals surface area contributed by atoms with E-state index >= 15 is 0 Å². The summed E-state index contributed by atoms with van der Waals surface area (Å²) in [6, 6.07) is 7.36. The fraction of sp³-hybridized carbons (Fsp3) is 0.526. The average Bonchev–Trinajstić information content (AvgIpc) is 3.00. The van der Waals surface area contributed by atoms with E-state index in [9.17, 15) is 14.4 Å². The van der Waals surface area contributed by atoms with E-state index < -0.39 is 0 Å². The van der Waals surface area contributed by atoms with Crippen LogP contribution in [0.2, 0.25) is 0 Å². The molecule has 0 spiro atoms. The van der Waals surface area contributed by atoms with Crippen LogP contribution >= 0.6 is 0 Å². The summed E-state index contributed by atoms with van der Waals surface area (Å²) >= 11 is 0. The molecule has 0 saturated carbocycles. The Morgan fingerprint density at radius 1 is 1.32 bits per heavy atom. The second kappa shape index (κ2) is 8.65. The van der Waals surface area contributed by atoms with E-state index in [1.807, 2.05) is 32.9 Å². The van der Waals surface area contributed by atoms with Crippen molar-refractivity contribution >= 4 is 17.7 Å². The minimum atomic E-state index is -0.288. The molecule has 1 aromatic carbocycles. The molecule has 1 heterocycles. The Morgan fingerprint density at radius 2 is 2.08 bits per heavy atom. The molecule has 1 aliphatic rings. The Morgan fingerprint density at radius 3 is 2.72 bits per heavy atom. The van der Waals surface area contributed by atoms with Gasteiger partial charge in [-0.25, -0.2) is 0 Å². The molecule has 0 bridgehead atoms. The number of hydrogen-bond acceptors (Lipinski definition) is 3. The summed E-state index contributed by atoms with van der Waals surface area (Å²) in [5.41, 5.74) is 1.45. The number of nitrogens with zero attached hydrogens (tertiary/aromatic N) is 1. The molecule has 2 rings (SSSR count). The molecule has 0 aromatic heterocycles. The highest BCUT2D eigenvalue weighted by atomic mass is 16.2. The number of likely N-dealkylation sites (tertiary alicyclic amines) is 1. The van der Waals surface area contributed by atoms with Crippen LogP contribution in [-0.4, -0.2) is 41.8 Å². The molecule has 3 amide bonds. The minimum absolute atomic E-state index is 0.0337. The van der Waals surface area contributed by atoms with Crippen molar-refractivity contribution in [2.75, 3.05) is 13.1 Å². The summed E-state index contributed by atoms with van der Waals surface area (Å²) in [5, 5.41) is 5.80. The van der Waals surface area contributed by atoms with E-state index in [0.29, 0.717) is 25.2 Å². The number of carbonyl (C=O) groups is 3. The Hall–Kier alpha value is -2.37. The van der Waals surface area contributed by atoms with Gasteiger partial charge in [-0.15, -0.1) is 0 Å². The van der Waals surface area contributed by atoms with Crippen LogP contribution < -0.4 is 10.6 Å². The van der Waals surface area contributed by atoms with Crippen LogP contribution in [0.3, 0.4) is 0 Å². The maximum absolute atomic E-state index is 12.3. The van der Waals surface area contributed by atoms with E-state index in [1.165, 1.54) is 0 Å². The van der Waals surface area contributed by atoms with E-state index in [2.05, 4.69) is 10.6 Å². The van der Waals surface area contributed by atoms with Gasteiger partial charge in [0.05, 0.1) is 5.92 Å². The largest absolute Gasteiger partial charge is 0.352 e. The van der Waals surface area contributed by atoms with E-state index in [4.69, 9.17) is 0 Å². The number of nitrogens with one attached hydrogen (secondary N) is 2. The van der Waals surface area contributed by atoms with Crippen molar-refractivity contribution in [2.24, 2.45) is 5.92 Å². The van der Waals surface area contributed by atoms with Crippen LogP contribution in [0.5, 0.6) is 0 Å². The van der Waals surface area contributed by atoms with Crippen molar-refractivity contribution in [3.63, 3.8) is 0 Å². The van der Waals surface area contributed by atoms with Gasteiger partial charge < -0.3 is 15.5 Å². The molecule has 6 heteroatoms. The monoisotopic (exact) mass is 345 g/mol. The van der Waals surface area contributed by atoms with Crippen molar-refractivity contribution in [1.82, 2.24) is 15.5 Å². The number of hydrogen-bond donors (Lipinski definition) is 2. The first-order valence-corrected chi connectivity index (χ1v) is 8.89. The number of carbonyl (C=O) groups excluding carboxylic acids is 3. The molecule has 1 fully saturated rings. The van der Waals surface area contributed by atoms with Gasteiger partial charge in [0.15, 0.2) is 0 Å². The first-order chi connectivity index (χ1) is 11.9. The summed E-state index contributed by atoms with van der Waals surface area (Å²) in [6.07, 6.45) is 1.15. The van der Waals surface area contributed by atoms with Crippen LogP contribution in [0, 0.1) is 5.92 Å². The van der Waals surface area contributed by atoms with Crippen molar-refractivity contribution in [2.45, 2.75) is 46.2 Å². The minimum Gasteiger partial charge on any atom is -0.352 e. The predicted octanol–water partition coefficient (Wildman–Crippen LogP) is 1.70. The molecular weight excluding hydrogens is 318 g/mol. The lowest BCUT2D eigenvalue weighted by atomic mass is 10.1. The Balaban J connectivity index is 1.91. The average molecular weight is 345 g/mol. The summed E-state index contributed by atoms with van der Waals surface area (Å²) < 4.78 is 0. The molecule has 2 atom stereocenters. The fourth-order valence-electron chi connectivity index (χ4n) is 2.82. The van der Waals surface area contributed by atoms with Gasteiger partial charge >= 0.3 is 0 Å². The SMILES string of the molecule is CC[C@@H](C)NC(=O)c1cccc(CNC(=O)[C@@H]2CC(=O)N(CC)C2)c1. The topological polar surface area (TPSA) is 78.5 Å². The molecule has 1 aromatic rings. The highest BCUT2D eigenvalue weighted by Crippen LogP contribution is 2.17. The van der Waals surface area contributed by atoms with E-state index in [0.717, 1.165) is 12.0 Å². The van der Waals surface area contributed by atoms with Crippen molar-refractivity contribution in [1.29, 1.82) is 0 Å². The molecule has 6 nitrogen and oxygen atoms in total. The van der Waals surface area contributed by atoms with Crippen molar-refractivity contribution < 1.29 is 14.4 Å². The van der Waals surface area contributed by atoms with Gasteiger partial charge in [0.1, 0.15) is 0 Å². The molecule has 0 unspecified atom stereocenters. The summed E-state index contributed by atoms with van der Waals surface area (Å²) in [4.78, 5) is 37.9. The Labute approximate surface area is 149 Å². The van der Waals surface area contributed by atoms with Crippen LogP contribution in [0.4, 0.5) is 0 Å². The third kappa shape index (κ3) is 5.05. The van der Waals surface area contributed by atoms with Gasteiger partial charge in [-0.1, -0.05) is 19.1 Å². The van der Waals surface area contributed by atoms with Gasteiger partial charge in [0, 0.05) is 37.7 Å². The summed E-state index contributed by atoms with van der Waals surface area (Å²) in [6.45, 7) is 7.36. The quantitative estimate of drug-likeness (QED) is 0.789. The molecule has 25 heavy (non-hydrogen) atoms. The lowest BCUT2D eigenvalue weighted by molar-refractivity contribution is -0.128. The molecule has 136 valence electrons. The molecule has 2 N–H and O–H groups in total. The van der Waals surface area contributed by atoms with Crippen LogP contribution in [0.1, 0.15) is 49.5 Å². The third-order valence-electron chi connectivity index (χ3n) is 4.61. The first kappa shape index (κ1) is 19.0. The Kier molecular flexibility index (Phi) is 6.56. The number of amides is 3. The maximum atomic E-state index is 12.3. The lowest BCUT2D eigenvalue weighted by Gasteiger charge is -2.14. The van der Waals surface area contributed by atoms with Crippen LogP contribution in [-0.2, 0) is 16.1 Å². The van der Waals surface area contributed by atoms with Crippen molar-refractivity contribution in [3.05, 3.63) is 35.4 Å². The van der Waals surface area contributed by atoms with Gasteiger partial charge in [0.25, 0.3) is 5.91 Å². The van der Waals surface area contributed by atoms with Crippen molar-refractivity contribution in [3.8, 4) is 0 Å². The first-order valence-electron chi connectivity index (χ1n) is 8.89. The van der Waals surface area contributed by atoms with E-state index in [-0.39, 0.29) is 36.1 Å². The number of rotatable bonds is 7. The summed E-state index contributed by atoms with van der Waals surface area (Å²) in [5.74, 6) is -0.475. The summed E-state index contributed by atoms with van der Waals surface area (Å²) in [7, 11) is 0. The van der Waals surface area contributed by atoms with Gasteiger partial charge in [-0.2, -0.15) is 0 Å². The predicted molar refractivity (Wildman–Crippen MR) is 95.9 cm³/mol. The van der Waals surface area contributed by atoms with E-state index in [1.54, 1.807) is 17.0 Å². The maximum Gasteiger partial charge on any atom is 0.251 e. The fourth-order valence-corrected chi connectivity index (χ4v) is 2.82. The standard InChI is InChI=1S/C19H27N3O3/c1-4-13(3)21-19(25)15-8-6-7-14(9-15)11-20-18(24)16-10-17(23)22(5-2)12-16/h6-9,13,16H,4-5,10-12H2,1-3H3,(H,20,24)(H,21,25)/t13-,16-/m1/s1.